The number of likely N-dealkylation sites (tertiary alicyclic amines) is 1. The number of amides is 1. The van der Waals surface area contributed by atoms with Crippen molar-refractivity contribution < 1.29 is 4.79 Å². The molecule has 0 aromatic heterocycles. The highest BCUT2D eigenvalue weighted by Crippen LogP contribution is 2.34. The zero-order chi connectivity index (χ0) is 14.0. The van der Waals surface area contributed by atoms with Gasteiger partial charge in [0.1, 0.15) is 0 Å². The van der Waals surface area contributed by atoms with Crippen molar-refractivity contribution in [1.29, 1.82) is 0 Å². The highest BCUT2D eigenvalue weighted by atomic mass is 32.2. The molecule has 1 saturated heterocycles. The number of carbonyl (C=O) groups excluding carboxylic acids is 1. The van der Waals surface area contributed by atoms with Crippen molar-refractivity contribution in [3.05, 3.63) is 0 Å². The minimum atomic E-state index is 0.180. The summed E-state index contributed by atoms with van der Waals surface area (Å²) in [6.45, 7) is 15.3. The highest BCUT2D eigenvalue weighted by Gasteiger charge is 2.30. The van der Waals surface area contributed by atoms with Crippen LogP contribution in [0.5, 0.6) is 0 Å². The monoisotopic (exact) mass is 271 g/mol. The number of hydrogen-bond donors (Lipinski definition) is 0. The van der Waals surface area contributed by atoms with E-state index < -0.39 is 0 Å². The molecule has 1 fully saturated rings. The van der Waals surface area contributed by atoms with E-state index in [-0.39, 0.29) is 4.75 Å². The molecule has 1 aliphatic rings. The van der Waals surface area contributed by atoms with Gasteiger partial charge < -0.3 is 4.90 Å². The van der Waals surface area contributed by atoms with Crippen molar-refractivity contribution in [2.45, 2.75) is 59.1 Å². The van der Waals surface area contributed by atoms with E-state index in [4.69, 9.17) is 0 Å². The smallest absolute Gasteiger partial charge is 0.232 e. The Morgan fingerprint density at radius 1 is 1.11 bits per heavy atom. The van der Waals surface area contributed by atoms with Gasteiger partial charge >= 0.3 is 0 Å². The zero-order valence-electron chi connectivity index (χ0n) is 12.9. The molecule has 0 saturated carbocycles. The molecule has 2 nitrogen and oxygen atoms in total. The minimum absolute atomic E-state index is 0.180. The summed E-state index contributed by atoms with van der Waals surface area (Å²) >= 11 is 1.75. The molecule has 0 aromatic carbocycles. The van der Waals surface area contributed by atoms with E-state index in [9.17, 15) is 4.79 Å². The third kappa shape index (κ3) is 5.21. The summed E-state index contributed by atoms with van der Waals surface area (Å²) in [7, 11) is 0. The first-order chi connectivity index (χ1) is 8.09. The molecule has 1 rings (SSSR count). The van der Waals surface area contributed by atoms with Gasteiger partial charge in [0.25, 0.3) is 0 Å². The normalized spacial score (nSPS) is 19.1. The van der Waals surface area contributed by atoms with Crippen LogP contribution >= 0.6 is 11.8 Å². The molecule has 0 N–H and O–H groups in total. The van der Waals surface area contributed by atoms with E-state index in [0.29, 0.717) is 17.1 Å². The Hall–Kier alpha value is -0.180. The van der Waals surface area contributed by atoms with Crippen molar-refractivity contribution in [2.75, 3.05) is 18.8 Å². The zero-order valence-corrected chi connectivity index (χ0v) is 13.7. The van der Waals surface area contributed by atoms with Gasteiger partial charge in [0.05, 0.1) is 5.75 Å². The van der Waals surface area contributed by atoms with Crippen molar-refractivity contribution in [3.63, 3.8) is 0 Å². The molecule has 0 aliphatic carbocycles. The van der Waals surface area contributed by atoms with Gasteiger partial charge in [-0.05, 0) is 24.2 Å². The minimum Gasteiger partial charge on any atom is -0.342 e. The fourth-order valence-corrected chi connectivity index (χ4v) is 3.10. The van der Waals surface area contributed by atoms with E-state index in [0.717, 1.165) is 31.8 Å². The van der Waals surface area contributed by atoms with E-state index in [2.05, 4.69) is 46.4 Å². The lowest BCUT2D eigenvalue weighted by molar-refractivity contribution is -0.130. The molecule has 1 aliphatic heterocycles. The Bertz CT molecular complexity index is 280. The third-order valence-electron chi connectivity index (χ3n) is 3.70. The van der Waals surface area contributed by atoms with E-state index >= 15 is 0 Å². The fraction of sp³-hybridized carbons (Fsp3) is 0.933. The predicted octanol–water partition coefficient (Wildman–Crippen LogP) is 3.80. The summed E-state index contributed by atoms with van der Waals surface area (Å²) in [5, 5.41) is 0. The van der Waals surface area contributed by atoms with E-state index in [1.54, 1.807) is 11.8 Å². The van der Waals surface area contributed by atoms with Gasteiger partial charge in [-0.3, -0.25) is 4.79 Å². The Morgan fingerprint density at radius 3 is 2.00 bits per heavy atom. The van der Waals surface area contributed by atoms with Gasteiger partial charge in [-0.25, -0.2) is 0 Å². The third-order valence-corrected chi connectivity index (χ3v) is 4.96. The Morgan fingerprint density at radius 2 is 1.61 bits per heavy atom. The van der Waals surface area contributed by atoms with Crippen LogP contribution in [0.2, 0.25) is 0 Å². The average molecular weight is 271 g/mol. The van der Waals surface area contributed by atoms with Crippen LogP contribution in [0.4, 0.5) is 0 Å². The molecule has 0 radical (unpaired) electrons. The molecule has 1 amide bonds. The number of carbonyl (C=O) groups is 1. The van der Waals surface area contributed by atoms with Gasteiger partial charge in [-0.2, -0.15) is 0 Å². The van der Waals surface area contributed by atoms with Crippen LogP contribution in [-0.4, -0.2) is 34.4 Å². The maximum Gasteiger partial charge on any atom is 0.232 e. The topological polar surface area (TPSA) is 20.3 Å². The largest absolute Gasteiger partial charge is 0.342 e. The molecule has 3 heteroatoms. The lowest BCUT2D eigenvalue weighted by atomic mass is 9.75. The highest BCUT2D eigenvalue weighted by molar-refractivity contribution is 8.01. The summed E-state index contributed by atoms with van der Waals surface area (Å²) in [4.78, 5) is 14.2. The first-order valence-electron chi connectivity index (χ1n) is 7.01. The standard InChI is InChI=1S/C15H29NOS/c1-14(2,3)12-7-9-16(10-8-12)13(17)11-18-15(4,5)6/h12H,7-11H2,1-6H3. The van der Waals surface area contributed by atoms with Gasteiger partial charge in [-0.1, -0.05) is 41.5 Å². The van der Waals surface area contributed by atoms with Crippen LogP contribution in [0.3, 0.4) is 0 Å². The van der Waals surface area contributed by atoms with Crippen LogP contribution in [0.15, 0.2) is 0 Å². The van der Waals surface area contributed by atoms with Gasteiger partial charge in [-0.15, -0.1) is 11.8 Å². The second kappa shape index (κ2) is 5.85. The van der Waals surface area contributed by atoms with Crippen LogP contribution in [-0.2, 0) is 4.79 Å². The van der Waals surface area contributed by atoms with Gasteiger partial charge in [0.2, 0.25) is 5.91 Å². The molecule has 0 atom stereocenters. The molecule has 0 aromatic rings. The molecule has 106 valence electrons. The van der Waals surface area contributed by atoms with Crippen molar-refractivity contribution in [1.82, 2.24) is 4.90 Å². The molecule has 1 heterocycles. The molecular formula is C15H29NOS. The molecule has 0 spiro atoms. The van der Waals surface area contributed by atoms with Crippen LogP contribution in [0.1, 0.15) is 54.4 Å². The Balaban J connectivity index is 2.37. The van der Waals surface area contributed by atoms with Gasteiger partial charge in [0.15, 0.2) is 0 Å². The first kappa shape index (κ1) is 15.9. The number of rotatable bonds is 2. The first-order valence-corrected chi connectivity index (χ1v) is 8.00. The van der Waals surface area contributed by atoms with Crippen molar-refractivity contribution >= 4 is 17.7 Å². The predicted molar refractivity (Wildman–Crippen MR) is 81.0 cm³/mol. The second-order valence-corrected chi connectivity index (χ2v) is 9.22. The number of nitrogens with zero attached hydrogens (tertiary/aromatic N) is 1. The maximum absolute atomic E-state index is 12.1. The molecule has 0 bridgehead atoms. The second-order valence-electron chi connectivity index (χ2n) is 7.42. The van der Waals surface area contributed by atoms with Gasteiger partial charge in [0, 0.05) is 17.8 Å². The average Bonchev–Trinajstić information content (AvgIpc) is 2.24. The lowest BCUT2D eigenvalue weighted by Gasteiger charge is -2.39. The molecule has 18 heavy (non-hydrogen) atoms. The fourth-order valence-electron chi connectivity index (χ4n) is 2.36. The molecular weight excluding hydrogens is 242 g/mol. The van der Waals surface area contributed by atoms with E-state index in [1.807, 2.05) is 0 Å². The summed E-state index contributed by atoms with van der Waals surface area (Å²) in [6.07, 6.45) is 2.32. The summed E-state index contributed by atoms with van der Waals surface area (Å²) in [5.74, 6) is 1.71. The van der Waals surface area contributed by atoms with Crippen molar-refractivity contribution in [3.8, 4) is 0 Å². The lowest BCUT2D eigenvalue weighted by Crippen LogP contribution is -2.42. The van der Waals surface area contributed by atoms with Crippen molar-refractivity contribution in [2.24, 2.45) is 11.3 Å². The Labute approximate surface area is 117 Å². The summed E-state index contributed by atoms with van der Waals surface area (Å²) in [6, 6.07) is 0. The van der Waals surface area contributed by atoms with E-state index in [1.165, 1.54) is 0 Å². The number of thioether (sulfide) groups is 1. The summed E-state index contributed by atoms with van der Waals surface area (Å²) < 4.78 is 0.180. The Kier molecular flexibility index (Phi) is 5.16. The van der Waals surface area contributed by atoms with Crippen LogP contribution in [0.25, 0.3) is 0 Å². The van der Waals surface area contributed by atoms with Crippen LogP contribution < -0.4 is 0 Å². The maximum atomic E-state index is 12.1. The summed E-state index contributed by atoms with van der Waals surface area (Å²) in [5.41, 5.74) is 0.384. The number of piperidine rings is 1. The quantitative estimate of drug-likeness (QED) is 0.761. The molecule has 0 unspecified atom stereocenters. The number of hydrogen-bond acceptors (Lipinski definition) is 2. The SMILES string of the molecule is CC(C)(C)SCC(=O)N1CCC(C(C)(C)C)CC1. The van der Waals surface area contributed by atoms with Crippen LogP contribution in [0, 0.1) is 11.3 Å².